The third kappa shape index (κ3) is 3.96. The van der Waals surface area contributed by atoms with Gasteiger partial charge in [0.15, 0.2) is 6.39 Å². The summed E-state index contributed by atoms with van der Waals surface area (Å²) in [5, 5.41) is 2.81. The largest absolute Gasteiger partial charge is 0.451 e. The summed E-state index contributed by atoms with van der Waals surface area (Å²) in [7, 11) is 0. The fraction of sp³-hybridized carbons (Fsp3) is 0.0417. The van der Waals surface area contributed by atoms with E-state index in [9.17, 15) is 18.0 Å². The van der Waals surface area contributed by atoms with Crippen LogP contribution in [-0.4, -0.2) is 20.3 Å². The second-order valence-electron chi connectivity index (χ2n) is 7.26. The van der Waals surface area contributed by atoms with Crippen LogP contribution in [0.5, 0.6) is 0 Å². The lowest BCUT2D eigenvalue weighted by Crippen LogP contribution is -2.12. The van der Waals surface area contributed by atoms with Crippen molar-refractivity contribution in [3.05, 3.63) is 97.0 Å². The molecule has 0 aliphatic carbocycles. The third-order valence-corrected chi connectivity index (χ3v) is 5.15. The molecular weight excluding hydrogens is 433 g/mol. The van der Waals surface area contributed by atoms with Crippen molar-refractivity contribution >= 4 is 17.1 Å². The Morgan fingerprint density at radius 2 is 1.82 bits per heavy atom. The summed E-state index contributed by atoms with van der Waals surface area (Å²) in [5.74, 6) is -0.360. The number of oxazole rings is 1. The molecule has 6 nitrogen and oxygen atoms in total. The van der Waals surface area contributed by atoms with Gasteiger partial charge in [-0.05, 0) is 47.5 Å². The molecule has 33 heavy (non-hydrogen) atoms. The Balaban J connectivity index is 1.60. The zero-order valence-electron chi connectivity index (χ0n) is 16.9. The SMILES string of the molecule is O=C(Nc1cccnc1)c1cc2ccc(-c3ccc(C(F)(F)F)cc3)cn2c1-c1cocn1. The predicted molar refractivity (Wildman–Crippen MR) is 116 cm³/mol. The van der Waals surface area contributed by atoms with Crippen molar-refractivity contribution in [3.63, 3.8) is 0 Å². The smallest absolute Gasteiger partial charge is 0.416 e. The fourth-order valence-electron chi connectivity index (χ4n) is 3.59. The molecule has 0 radical (unpaired) electrons. The Kier molecular flexibility index (Phi) is 4.93. The van der Waals surface area contributed by atoms with Crippen molar-refractivity contribution in [1.82, 2.24) is 14.4 Å². The Labute approximate surface area is 185 Å². The van der Waals surface area contributed by atoms with E-state index in [1.807, 2.05) is 0 Å². The predicted octanol–water partition coefficient (Wildman–Crippen LogP) is 5.93. The monoisotopic (exact) mass is 448 g/mol. The van der Waals surface area contributed by atoms with Crippen LogP contribution < -0.4 is 5.32 Å². The molecule has 0 aliphatic heterocycles. The summed E-state index contributed by atoms with van der Waals surface area (Å²) in [5.41, 5.74) is 3.10. The van der Waals surface area contributed by atoms with E-state index in [0.29, 0.717) is 39.3 Å². The number of fused-ring (bicyclic) bond motifs is 1. The van der Waals surface area contributed by atoms with Gasteiger partial charge >= 0.3 is 6.18 Å². The Bertz CT molecular complexity index is 1420. The maximum atomic E-state index is 13.1. The molecule has 0 saturated heterocycles. The maximum Gasteiger partial charge on any atom is 0.416 e. The second kappa shape index (κ2) is 7.94. The van der Waals surface area contributed by atoms with Gasteiger partial charge in [0.2, 0.25) is 0 Å². The highest BCUT2D eigenvalue weighted by Gasteiger charge is 2.30. The first-order valence-corrected chi connectivity index (χ1v) is 9.83. The van der Waals surface area contributed by atoms with Crippen LogP contribution in [0, 0.1) is 0 Å². The van der Waals surface area contributed by atoms with E-state index in [1.54, 1.807) is 47.1 Å². The fourth-order valence-corrected chi connectivity index (χ4v) is 3.59. The summed E-state index contributed by atoms with van der Waals surface area (Å²) in [4.78, 5) is 21.3. The Morgan fingerprint density at radius 3 is 2.48 bits per heavy atom. The number of alkyl halides is 3. The van der Waals surface area contributed by atoms with Crippen molar-refractivity contribution in [2.75, 3.05) is 5.32 Å². The quantitative estimate of drug-likeness (QED) is 0.370. The van der Waals surface area contributed by atoms with E-state index >= 15 is 0 Å². The van der Waals surface area contributed by atoms with Crippen molar-refractivity contribution in [1.29, 1.82) is 0 Å². The van der Waals surface area contributed by atoms with Crippen LogP contribution in [-0.2, 0) is 6.18 Å². The lowest BCUT2D eigenvalue weighted by atomic mass is 10.1. The number of carbonyl (C=O) groups is 1. The molecule has 0 fully saturated rings. The number of anilines is 1. The van der Waals surface area contributed by atoms with Crippen molar-refractivity contribution in [3.8, 4) is 22.5 Å². The van der Waals surface area contributed by atoms with E-state index in [1.165, 1.54) is 31.0 Å². The Hall–Kier alpha value is -4.40. The molecule has 5 rings (SSSR count). The van der Waals surface area contributed by atoms with E-state index in [-0.39, 0.29) is 5.91 Å². The highest BCUT2D eigenvalue weighted by molar-refractivity contribution is 6.09. The molecule has 0 saturated carbocycles. The number of halogens is 3. The van der Waals surface area contributed by atoms with Crippen molar-refractivity contribution < 1.29 is 22.4 Å². The average molecular weight is 448 g/mol. The lowest BCUT2D eigenvalue weighted by Gasteiger charge is -2.09. The van der Waals surface area contributed by atoms with Crippen LogP contribution in [0.25, 0.3) is 28.0 Å². The topological polar surface area (TPSA) is 72.4 Å². The van der Waals surface area contributed by atoms with Crippen LogP contribution >= 0.6 is 0 Å². The highest BCUT2D eigenvalue weighted by atomic mass is 19.4. The van der Waals surface area contributed by atoms with Gasteiger partial charge in [-0.1, -0.05) is 18.2 Å². The summed E-state index contributed by atoms with van der Waals surface area (Å²) >= 11 is 0. The first-order valence-electron chi connectivity index (χ1n) is 9.83. The summed E-state index contributed by atoms with van der Waals surface area (Å²) < 4.78 is 45.6. The molecule has 5 aromatic rings. The van der Waals surface area contributed by atoms with Gasteiger partial charge < -0.3 is 14.1 Å². The molecule has 4 heterocycles. The standard InChI is InChI=1S/C24H15F3N4O2/c25-24(26,27)17-6-3-15(4-7-17)16-5-8-19-10-20(23(32)30-18-2-1-9-28-11-18)22(31(19)12-16)21-13-33-14-29-21/h1-14H,(H,30,32). The molecule has 0 atom stereocenters. The molecule has 0 bridgehead atoms. The second-order valence-corrected chi connectivity index (χ2v) is 7.26. The van der Waals surface area contributed by atoms with Crippen LogP contribution in [0.1, 0.15) is 15.9 Å². The highest BCUT2D eigenvalue weighted by Crippen LogP contribution is 2.33. The van der Waals surface area contributed by atoms with Gasteiger partial charge in [-0.25, -0.2) is 4.98 Å². The number of benzene rings is 1. The first-order chi connectivity index (χ1) is 15.9. The average Bonchev–Trinajstić information content (AvgIpc) is 3.46. The number of pyridine rings is 2. The van der Waals surface area contributed by atoms with Gasteiger partial charge in [-0.15, -0.1) is 0 Å². The molecule has 1 N–H and O–H groups in total. The van der Waals surface area contributed by atoms with Gasteiger partial charge in [0, 0.05) is 17.9 Å². The van der Waals surface area contributed by atoms with Gasteiger partial charge in [-0.2, -0.15) is 13.2 Å². The van der Waals surface area contributed by atoms with Crippen LogP contribution in [0.4, 0.5) is 18.9 Å². The zero-order valence-corrected chi connectivity index (χ0v) is 16.9. The summed E-state index contributed by atoms with van der Waals surface area (Å²) in [6.07, 6.45) is 3.17. The molecule has 0 aliphatic rings. The van der Waals surface area contributed by atoms with E-state index < -0.39 is 11.7 Å². The molecule has 4 aromatic heterocycles. The van der Waals surface area contributed by atoms with Gasteiger partial charge in [0.1, 0.15) is 12.0 Å². The van der Waals surface area contributed by atoms with E-state index in [2.05, 4.69) is 15.3 Å². The Morgan fingerprint density at radius 1 is 1.03 bits per heavy atom. The first kappa shape index (κ1) is 20.5. The minimum atomic E-state index is -4.40. The maximum absolute atomic E-state index is 13.1. The molecule has 0 unspecified atom stereocenters. The zero-order chi connectivity index (χ0) is 23.0. The number of nitrogens with one attached hydrogen (secondary N) is 1. The number of nitrogens with zero attached hydrogens (tertiary/aromatic N) is 3. The molecule has 164 valence electrons. The van der Waals surface area contributed by atoms with E-state index in [4.69, 9.17) is 4.42 Å². The van der Waals surface area contributed by atoms with Gasteiger partial charge in [0.25, 0.3) is 5.91 Å². The van der Waals surface area contributed by atoms with Gasteiger partial charge in [-0.3, -0.25) is 9.78 Å². The van der Waals surface area contributed by atoms with Crippen molar-refractivity contribution in [2.24, 2.45) is 0 Å². The molecule has 1 amide bonds. The molecular formula is C24H15F3N4O2. The summed E-state index contributed by atoms with van der Waals surface area (Å²) in [6, 6.07) is 13.6. The van der Waals surface area contributed by atoms with Crippen LogP contribution in [0.2, 0.25) is 0 Å². The van der Waals surface area contributed by atoms with Gasteiger partial charge in [0.05, 0.1) is 28.7 Å². The van der Waals surface area contributed by atoms with Crippen molar-refractivity contribution in [2.45, 2.75) is 6.18 Å². The minimum Gasteiger partial charge on any atom is -0.451 e. The number of hydrogen-bond acceptors (Lipinski definition) is 4. The summed E-state index contributed by atoms with van der Waals surface area (Å²) in [6.45, 7) is 0. The molecule has 0 spiro atoms. The van der Waals surface area contributed by atoms with Crippen LogP contribution in [0.3, 0.4) is 0 Å². The van der Waals surface area contributed by atoms with E-state index in [0.717, 1.165) is 12.1 Å². The normalized spacial score (nSPS) is 11.6. The third-order valence-electron chi connectivity index (χ3n) is 5.15. The number of hydrogen-bond donors (Lipinski definition) is 1. The number of rotatable bonds is 4. The number of aromatic nitrogens is 3. The number of amides is 1. The lowest BCUT2D eigenvalue weighted by molar-refractivity contribution is -0.137. The minimum absolute atomic E-state index is 0.359. The van der Waals surface area contributed by atoms with Crippen LogP contribution in [0.15, 0.2) is 90.3 Å². The number of carbonyl (C=O) groups excluding carboxylic acids is 1. The molecule has 9 heteroatoms. The molecule has 1 aromatic carbocycles.